The molecule has 17 heavy (non-hydrogen) atoms. The highest BCUT2D eigenvalue weighted by molar-refractivity contribution is 5.87. The molecular weight excluding hydrogens is 218 g/mol. The lowest BCUT2D eigenvalue weighted by molar-refractivity contribution is 0.0697. The van der Waals surface area contributed by atoms with E-state index in [1.54, 1.807) is 24.3 Å². The van der Waals surface area contributed by atoms with Gasteiger partial charge in [-0.1, -0.05) is 26.0 Å². The van der Waals surface area contributed by atoms with Crippen molar-refractivity contribution in [2.24, 2.45) is 5.41 Å². The first-order valence-corrected chi connectivity index (χ1v) is 5.58. The third-order valence-electron chi connectivity index (χ3n) is 2.56. The fourth-order valence-electron chi connectivity index (χ4n) is 1.37. The summed E-state index contributed by atoms with van der Waals surface area (Å²) in [5, 5.41) is 21.1. The predicted octanol–water partition coefficient (Wildman–Crippen LogP) is 1.49. The Balaban J connectivity index is 2.45. The first kappa shape index (κ1) is 13.7. The van der Waals surface area contributed by atoms with E-state index in [1.807, 2.05) is 13.8 Å². The molecule has 3 N–H and O–H groups in total. The Hall–Kier alpha value is -1.39. The largest absolute Gasteiger partial charge is 0.478 e. The Morgan fingerprint density at radius 1 is 1.29 bits per heavy atom. The summed E-state index contributed by atoms with van der Waals surface area (Å²) >= 11 is 0. The van der Waals surface area contributed by atoms with Crippen LogP contribution in [0.15, 0.2) is 24.3 Å². The van der Waals surface area contributed by atoms with E-state index < -0.39 is 5.97 Å². The molecule has 1 aromatic carbocycles. The van der Waals surface area contributed by atoms with Gasteiger partial charge in [0.1, 0.15) is 0 Å². The van der Waals surface area contributed by atoms with Gasteiger partial charge in [-0.05, 0) is 17.7 Å². The van der Waals surface area contributed by atoms with Crippen LogP contribution in [0.1, 0.15) is 29.8 Å². The Morgan fingerprint density at radius 2 is 1.88 bits per heavy atom. The molecule has 0 aliphatic carbocycles. The smallest absolute Gasteiger partial charge is 0.335 e. The zero-order valence-corrected chi connectivity index (χ0v) is 10.2. The number of nitrogens with one attached hydrogen (secondary N) is 1. The van der Waals surface area contributed by atoms with E-state index in [2.05, 4.69) is 5.32 Å². The molecule has 0 spiro atoms. The maximum Gasteiger partial charge on any atom is 0.335 e. The minimum atomic E-state index is -0.911. The van der Waals surface area contributed by atoms with Gasteiger partial charge in [0.05, 0.1) is 5.56 Å². The van der Waals surface area contributed by atoms with Gasteiger partial charge in [-0.15, -0.1) is 0 Å². The number of hydrogen-bond donors (Lipinski definition) is 3. The highest BCUT2D eigenvalue weighted by atomic mass is 16.4. The number of aliphatic hydroxyl groups excluding tert-OH is 1. The second-order valence-corrected chi connectivity index (χ2v) is 4.93. The third-order valence-corrected chi connectivity index (χ3v) is 2.56. The molecule has 0 aromatic heterocycles. The number of carbonyl (C=O) groups is 1. The van der Waals surface area contributed by atoms with Crippen LogP contribution in [0.5, 0.6) is 0 Å². The van der Waals surface area contributed by atoms with Gasteiger partial charge in [0, 0.05) is 25.1 Å². The summed E-state index contributed by atoms with van der Waals surface area (Å²) in [4.78, 5) is 10.7. The van der Waals surface area contributed by atoms with Crippen LogP contribution in [-0.2, 0) is 6.54 Å². The molecule has 0 radical (unpaired) electrons. The van der Waals surface area contributed by atoms with Gasteiger partial charge in [0.2, 0.25) is 0 Å². The maximum atomic E-state index is 10.7. The van der Waals surface area contributed by atoms with E-state index in [0.717, 1.165) is 5.56 Å². The average Bonchev–Trinajstić information content (AvgIpc) is 2.29. The summed E-state index contributed by atoms with van der Waals surface area (Å²) in [5.41, 5.74) is 1.19. The van der Waals surface area contributed by atoms with Gasteiger partial charge in [-0.3, -0.25) is 0 Å². The van der Waals surface area contributed by atoms with Gasteiger partial charge < -0.3 is 15.5 Å². The molecule has 4 heteroatoms. The molecule has 94 valence electrons. The van der Waals surface area contributed by atoms with Crippen molar-refractivity contribution in [1.82, 2.24) is 5.32 Å². The SMILES string of the molecule is CC(C)(CO)CNCc1ccc(C(=O)O)cc1. The highest BCUT2D eigenvalue weighted by Crippen LogP contribution is 2.12. The summed E-state index contributed by atoms with van der Waals surface area (Å²) in [7, 11) is 0. The standard InChI is InChI=1S/C13H19NO3/c1-13(2,9-15)8-14-7-10-3-5-11(6-4-10)12(16)17/h3-6,14-15H,7-9H2,1-2H3,(H,16,17). The van der Waals surface area contributed by atoms with Gasteiger partial charge in [-0.25, -0.2) is 4.79 Å². The quantitative estimate of drug-likeness (QED) is 0.701. The van der Waals surface area contributed by atoms with Crippen LogP contribution >= 0.6 is 0 Å². The number of benzene rings is 1. The summed E-state index contributed by atoms with van der Waals surface area (Å²) in [5.74, 6) is -0.911. The molecular formula is C13H19NO3. The Morgan fingerprint density at radius 3 is 2.35 bits per heavy atom. The van der Waals surface area contributed by atoms with Crippen molar-refractivity contribution >= 4 is 5.97 Å². The van der Waals surface area contributed by atoms with Crippen molar-refractivity contribution < 1.29 is 15.0 Å². The topological polar surface area (TPSA) is 69.6 Å². The molecule has 0 heterocycles. The van der Waals surface area contributed by atoms with E-state index in [0.29, 0.717) is 18.7 Å². The van der Waals surface area contributed by atoms with Crippen LogP contribution in [0.3, 0.4) is 0 Å². The highest BCUT2D eigenvalue weighted by Gasteiger charge is 2.15. The molecule has 0 aliphatic rings. The van der Waals surface area contributed by atoms with Crippen molar-refractivity contribution in [2.75, 3.05) is 13.2 Å². The summed E-state index contributed by atoms with van der Waals surface area (Å²) in [6, 6.07) is 6.78. The normalized spacial score (nSPS) is 11.5. The zero-order chi connectivity index (χ0) is 12.9. The summed E-state index contributed by atoms with van der Waals surface area (Å²) < 4.78 is 0. The Kier molecular flexibility index (Phi) is 4.66. The Labute approximate surface area is 101 Å². The lowest BCUT2D eigenvalue weighted by Crippen LogP contribution is -2.31. The van der Waals surface area contributed by atoms with Crippen LogP contribution in [0.2, 0.25) is 0 Å². The average molecular weight is 237 g/mol. The summed E-state index contributed by atoms with van der Waals surface area (Å²) in [6.07, 6.45) is 0. The molecule has 0 unspecified atom stereocenters. The summed E-state index contributed by atoms with van der Waals surface area (Å²) in [6.45, 7) is 5.48. The van der Waals surface area contributed by atoms with Gasteiger partial charge in [0.15, 0.2) is 0 Å². The van der Waals surface area contributed by atoms with E-state index >= 15 is 0 Å². The fourth-order valence-corrected chi connectivity index (χ4v) is 1.37. The number of hydrogen-bond acceptors (Lipinski definition) is 3. The second kappa shape index (κ2) is 5.80. The molecule has 0 saturated heterocycles. The number of rotatable bonds is 6. The molecule has 0 aliphatic heterocycles. The fraction of sp³-hybridized carbons (Fsp3) is 0.462. The number of aliphatic hydroxyl groups is 1. The van der Waals surface area contributed by atoms with E-state index in [4.69, 9.17) is 10.2 Å². The van der Waals surface area contributed by atoms with Crippen LogP contribution in [0.25, 0.3) is 0 Å². The van der Waals surface area contributed by atoms with Crippen LogP contribution in [-0.4, -0.2) is 29.3 Å². The molecule has 0 saturated carbocycles. The predicted molar refractivity (Wildman–Crippen MR) is 66.0 cm³/mol. The lowest BCUT2D eigenvalue weighted by atomic mass is 9.95. The minimum absolute atomic E-state index is 0.137. The van der Waals surface area contributed by atoms with Crippen molar-refractivity contribution in [3.05, 3.63) is 35.4 Å². The molecule has 1 aromatic rings. The Bertz CT molecular complexity index is 371. The number of carboxylic acid groups (broad SMARTS) is 1. The first-order chi connectivity index (χ1) is 7.94. The number of aromatic carboxylic acids is 1. The van der Waals surface area contributed by atoms with E-state index in [9.17, 15) is 4.79 Å². The molecule has 1 rings (SSSR count). The monoisotopic (exact) mass is 237 g/mol. The first-order valence-electron chi connectivity index (χ1n) is 5.58. The zero-order valence-electron chi connectivity index (χ0n) is 10.2. The minimum Gasteiger partial charge on any atom is -0.478 e. The van der Waals surface area contributed by atoms with Crippen molar-refractivity contribution in [1.29, 1.82) is 0 Å². The van der Waals surface area contributed by atoms with Crippen molar-refractivity contribution in [3.8, 4) is 0 Å². The number of carboxylic acids is 1. The lowest BCUT2D eigenvalue weighted by Gasteiger charge is -2.21. The molecule has 0 bridgehead atoms. The van der Waals surface area contributed by atoms with E-state index in [-0.39, 0.29) is 12.0 Å². The maximum absolute atomic E-state index is 10.7. The van der Waals surface area contributed by atoms with Crippen molar-refractivity contribution in [2.45, 2.75) is 20.4 Å². The second-order valence-electron chi connectivity index (χ2n) is 4.93. The van der Waals surface area contributed by atoms with Crippen molar-refractivity contribution in [3.63, 3.8) is 0 Å². The molecule has 4 nitrogen and oxygen atoms in total. The van der Waals surface area contributed by atoms with Crippen LogP contribution in [0, 0.1) is 5.41 Å². The molecule has 0 amide bonds. The molecule has 0 fully saturated rings. The molecule has 0 atom stereocenters. The van der Waals surface area contributed by atoms with Gasteiger partial charge in [-0.2, -0.15) is 0 Å². The van der Waals surface area contributed by atoms with E-state index in [1.165, 1.54) is 0 Å². The van der Waals surface area contributed by atoms with Gasteiger partial charge >= 0.3 is 5.97 Å². The van der Waals surface area contributed by atoms with Gasteiger partial charge in [0.25, 0.3) is 0 Å². The van der Waals surface area contributed by atoms with Crippen LogP contribution < -0.4 is 5.32 Å². The third kappa shape index (κ3) is 4.54. The van der Waals surface area contributed by atoms with Crippen LogP contribution in [0.4, 0.5) is 0 Å².